The van der Waals surface area contributed by atoms with E-state index in [1.165, 1.54) is 42.5 Å². The quantitative estimate of drug-likeness (QED) is 0.0954. The molecule has 64 heavy (non-hydrogen) atoms. The minimum Gasteiger partial charge on any atom is -0.305 e. The predicted octanol–water partition coefficient (Wildman–Crippen LogP) is 12.5. The monoisotopic (exact) mass is 1010 g/mol. The van der Waals surface area contributed by atoms with Gasteiger partial charge in [-0.25, -0.2) is 9.50 Å². The summed E-state index contributed by atoms with van der Waals surface area (Å²) in [5.74, 6) is 0.533. The molecular weight excluding hydrogens is 961 g/mol. The molecule has 11 aromatic rings. The van der Waals surface area contributed by atoms with E-state index in [9.17, 15) is 11.0 Å². The zero-order valence-electron chi connectivity index (χ0n) is 41.9. The Morgan fingerprint density at radius 3 is 1.69 bits per heavy atom. The molecule has 5 aromatic heterocycles. The zero-order valence-corrected chi connectivity index (χ0v) is 36.3. The summed E-state index contributed by atoms with van der Waals surface area (Å²) >= 11 is 0. The van der Waals surface area contributed by atoms with Crippen molar-refractivity contribution in [3.63, 3.8) is 0 Å². The molecule has 6 aromatic carbocycles. The number of nitrogens with zero attached hydrogens (tertiary/aromatic N) is 6. The molecule has 5 heterocycles. The number of benzene rings is 6. The maximum Gasteiger partial charge on any atom is 3.00 e. The zero-order chi connectivity index (χ0) is 49.1. The van der Waals surface area contributed by atoms with E-state index in [4.69, 9.17) is 15.1 Å². The predicted molar refractivity (Wildman–Crippen MR) is 253 cm³/mol. The fourth-order valence-electron chi connectivity index (χ4n) is 7.72. The van der Waals surface area contributed by atoms with E-state index in [1.54, 1.807) is 59.5 Å². The molecule has 0 unspecified atom stereocenters. The van der Waals surface area contributed by atoms with Gasteiger partial charge in [0.05, 0.1) is 5.52 Å². The average molecular weight is 1010 g/mol. The summed E-state index contributed by atoms with van der Waals surface area (Å²) in [5, 5.41) is 6.37. The van der Waals surface area contributed by atoms with Crippen LogP contribution in [0.2, 0.25) is 0 Å². The Hall–Kier alpha value is -7.44. The minimum absolute atomic E-state index is 0. The Balaban J connectivity index is 0.00000596. The number of pyridine rings is 4. The van der Waals surface area contributed by atoms with Crippen molar-refractivity contribution in [1.82, 2.24) is 29.5 Å². The molecule has 0 aliphatic rings. The van der Waals surface area contributed by atoms with Crippen molar-refractivity contribution in [2.24, 2.45) is 0 Å². The van der Waals surface area contributed by atoms with E-state index in [1.807, 2.05) is 91.0 Å². The molecule has 6 nitrogen and oxygen atoms in total. The fourth-order valence-corrected chi connectivity index (χ4v) is 7.72. The molecule has 7 heteroatoms. The van der Waals surface area contributed by atoms with Gasteiger partial charge in [0.1, 0.15) is 5.65 Å². The van der Waals surface area contributed by atoms with Crippen molar-refractivity contribution in [2.45, 2.75) is 25.5 Å². The summed E-state index contributed by atoms with van der Waals surface area (Å²) in [6.07, 6.45) is -6.02. The molecular formula is C57H39IrN6. The Bertz CT molecular complexity index is 3640. The van der Waals surface area contributed by atoms with Gasteiger partial charge in [-0.15, -0.1) is 99.5 Å². The van der Waals surface area contributed by atoms with Crippen LogP contribution in [0.3, 0.4) is 0 Å². The molecule has 0 saturated carbocycles. The second-order valence-electron chi connectivity index (χ2n) is 14.8. The van der Waals surface area contributed by atoms with Gasteiger partial charge in [-0.1, -0.05) is 126 Å². The van der Waals surface area contributed by atoms with Crippen LogP contribution in [-0.2, 0) is 45.6 Å². The van der Waals surface area contributed by atoms with Crippen molar-refractivity contribution in [2.75, 3.05) is 0 Å². The average Bonchev–Trinajstić information content (AvgIpc) is 3.88. The van der Waals surface area contributed by atoms with Gasteiger partial charge in [0.2, 0.25) is 0 Å². The molecule has 0 bridgehead atoms. The molecule has 0 fully saturated rings. The summed E-state index contributed by atoms with van der Waals surface area (Å²) in [5.41, 5.74) is 7.17. The Kier molecular flexibility index (Phi) is 9.13. The van der Waals surface area contributed by atoms with Gasteiger partial charge >= 0.3 is 20.1 Å². The van der Waals surface area contributed by atoms with Crippen molar-refractivity contribution in [3.8, 4) is 56.2 Å². The van der Waals surface area contributed by atoms with Crippen molar-refractivity contribution < 1.29 is 31.1 Å². The first-order valence-corrected chi connectivity index (χ1v) is 20.4. The van der Waals surface area contributed by atoms with E-state index in [0.717, 1.165) is 21.9 Å². The standard InChI is InChI=1S/C57H39N6.Ir/c1-2-11-45(12-3-1)56-61-57-51-38-46(30-31-50(51)55-54(63(57)62-56)17-10-34-60-55)48-13-4-5-14-49(48)47-36-41(20-18-39-22-26-43(27-23-39)52-15-6-8-32-58-52)35-42(37-47)21-19-40-24-28-44(29-25-40)53-16-7-9-33-59-53;/h1-17,22-26,28,30,32-38H,18-21H2;/q-3;+3/i18D2,19D2,20D2,21D2;. The van der Waals surface area contributed by atoms with Crippen LogP contribution in [0.15, 0.2) is 188 Å². The largest absolute Gasteiger partial charge is 3.00 e. The third kappa shape index (κ3) is 8.27. The van der Waals surface area contributed by atoms with Crippen molar-refractivity contribution in [1.29, 1.82) is 0 Å². The maximum atomic E-state index is 9.64. The Morgan fingerprint density at radius 1 is 0.484 bits per heavy atom. The first-order valence-electron chi connectivity index (χ1n) is 24.4. The first kappa shape index (κ1) is 32.3. The van der Waals surface area contributed by atoms with Gasteiger partial charge in [-0.2, -0.15) is 0 Å². The van der Waals surface area contributed by atoms with Crippen LogP contribution < -0.4 is 0 Å². The molecule has 0 aliphatic heterocycles. The third-order valence-electron chi connectivity index (χ3n) is 10.8. The van der Waals surface area contributed by atoms with Crippen LogP contribution in [0.25, 0.3) is 83.6 Å². The first-order chi connectivity index (χ1) is 34.2. The Morgan fingerprint density at radius 2 is 1.08 bits per heavy atom. The third-order valence-corrected chi connectivity index (χ3v) is 10.8. The number of aryl methyl sites for hydroxylation is 4. The molecule has 11 rings (SSSR count). The second kappa shape index (κ2) is 18.1. The SMILES string of the molecule is [2H]C([2H])(c1c[c-]c(-c2ccccn2)cc1)C([2H])([2H])c1cc(-c2ccccc2-c2c[c-]c3c(c2)c2nc(-c4ccccc4)nn2c2cccnc32)cc(C([2H])([2H])C([2H])([2H])c2c[c-]c(-c3ccccn3)cc2)c1.[Ir+3]. The number of fused-ring (bicyclic) bond motifs is 6. The Labute approximate surface area is 397 Å². The van der Waals surface area contributed by atoms with Gasteiger partial charge in [0.15, 0.2) is 5.82 Å². The van der Waals surface area contributed by atoms with Gasteiger partial charge in [0, 0.05) is 40.6 Å². The van der Waals surface area contributed by atoms with Crippen molar-refractivity contribution >= 4 is 27.5 Å². The summed E-state index contributed by atoms with van der Waals surface area (Å²) in [6.45, 7) is 0. The number of rotatable bonds is 11. The molecule has 0 saturated heterocycles. The van der Waals surface area contributed by atoms with Crippen LogP contribution >= 0.6 is 0 Å². The number of hydrogen-bond donors (Lipinski definition) is 0. The fraction of sp³-hybridized carbons (Fsp3) is 0.0702. The summed E-state index contributed by atoms with van der Waals surface area (Å²) in [7, 11) is 0. The topological polar surface area (TPSA) is 68.9 Å². The van der Waals surface area contributed by atoms with Gasteiger partial charge in [-0.05, 0) is 70.7 Å². The summed E-state index contributed by atoms with van der Waals surface area (Å²) in [6, 6.07) is 58.6. The van der Waals surface area contributed by atoms with E-state index in [0.29, 0.717) is 61.8 Å². The van der Waals surface area contributed by atoms with Crippen LogP contribution in [-0.4, -0.2) is 29.5 Å². The normalized spacial score (nSPS) is 14.0. The molecule has 306 valence electrons. The van der Waals surface area contributed by atoms with Gasteiger partial charge in [-0.3, -0.25) is 0 Å². The number of aromatic nitrogens is 6. The van der Waals surface area contributed by atoms with Crippen LogP contribution in [0.4, 0.5) is 0 Å². The van der Waals surface area contributed by atoms with E-state index < -0.39 is 25.5 Å². The van der Waals surface area contributed by atoms with E-state index in [2.05, 4.69) is 28.2 Å². The molecule has 0 N–H and O–H groups in total. The van der Waals surface area contributed by atoms with Crippen molar-refractivity contribution in [3.05, 3.63) is 229 Å². The minimum atomic E-state index is -2.81. The van der Waals surface area contributed by atoms with E-state index >= 15 is 0 Å². The van der Waals surface area contributed by atoms with E-state index in [-0.39, 0.29) is 42.4 Å². The molecule has 0 spiro atoms. The smallest absolute Gasteiger partial charge is 0.305 e. The summed E-state index contributed by atoms with van der Waals surface area (Å²) < 4.78 is 78.0. The molecule has 0 radical (unpaired) electrons. The van der Waals surface area contributed by atoms with Gasteiger partial charge < -0.3 is 15.0 Å². The summed E-state index contributed by atoms with van der Waals surface area (Å²) in [4.78, 5) is 18.5. The van der Waals surface area contributed by atoms with Crippen LogP contribution in [0, 0.1) is 18.2 Å². The molecule has 0 aliphatic carbocycles. The molecule has 0 atom stereocenters. The maximum absolute atomic E-state index is 9.64. The number of hydrogen-bond acceptors (Lipinski definition) is 5. The van der Waals surface area contributed by atoms with Gasteiger partial charge in [0.25, 0.3) is 0 Å². The second-order valence-corrected chi connectivity index (χ2v) is 14.8. The molecule has 0 amide bonds. The van der Waals surface area contributed by atoms with Crippen LogP contribution in [0.5, 0.6) is 0 Å². The van der Waals surface area contributed by atoms with Crippen LogP contribution in [0.1, 0.15) is 33.2 Å².